The van der Waals surface area contributed by atoms with Gasteiger partial charge in [0.25, 0.3) is 0 Å². The molecule has 0 saturated carbocycles. The molecule has 0 fully saturated rings. The zero-order valence-electron chi connectivity index (χ0n) is 14.5. The number of benzene rings is 2. The largest absolute Gasteiger partial charge is 0.497 e. The lowest BCUT2D eigenvalue weighted by Gasteiger charge is -2.17. The Labute approximate surface area is 148 Å². The molecular formula is C20H23NO4. The summed E-state index contributed by atoms with van der Waals surface area (Å²) >= 11 is 0. The summed E-state index contributed by atoms with van der Waals surface area (Å²) < 4.78 is 16.0. The lowest BCUT2D eigenvalue weighted by Crippen LogP contribution is -2.22. The molecule has 2 rings (SSSR count). The quantitative estimate of drug-likeness (QED) is 0.687. The maximum Gasteiger partial charge on any atom is 0.148 e. The van der Waals surface area contributed by atoms with E-state index in [0.29, 0.717) is 30.2 Å². The van der Waals surface area contributed by atoms with Crippen molar-refractivity contribution in [1.29, 1.82) is 0 Å². The zero-order chi connectivity index (χ0) is 18.1. The first-order chi connectivity index (χ1) is 12.2. The van der Waals surface area contributed by atoms with Crippen molar-refractivity contribution in [2.45, 2.75) is 12.6 Å². The number of terminal acetylenes is 1. The van der Waals surface area contributed by atoms with Crippen LogP contribution in [0.2, 0.25) is 0 Å². The topological polar surface area (TPSA) is 60.0 Å². The van der Waals surface area contributed by atoms with E-state index in [4.69, 9.17) is 20.6 Å². The molecule has 0 bridgehead atoms. The van der Waals surface area contributed by atoms with Crippen molar-refractivity contribution >= 4 is 0 Å². The van der Waals surface area contributed by atoms with Gasteiger partial charge < -0.3 is 24.6 Å². The van der Waals surface area contributed by atoms with E-state index in [1.54, 1.807) is 32.4 Å². The Morgan fingerprint density at radius 2 is 1.92 bits per heavy atom. The van der Waals surface area contributed by atoms with Crippen LogP contribution in [0.1, 0.15) is 17.2 Å². The summed E-state index contributed by atoms with van der Waals surface area (Å²) in [4.78, 5) is 0. The molecular weight excluding hydrogens is 318 g/mol. The minimum atomic E-state index is -0.733. The minimum absolute atomic E-state index is 0.223. The molecule has 0 amide bonds. The summed E-state index contributed by atoms with van der Waals surface area (Å²) in [5.41, 5.74) is 1.65. The molecule has 0 spiro atoms. The predicted octanol–water partition coefficient (Wildman–Crippen LogP) is 2.54. The SMILES string of the molecule is C#CCOc1ccccc1CNCC(O)c1cc(OC)ccc1OC. The molecule has 5 nitrogen and oxygen atoms in total. The van der Waals surface area contributed by atoms with Crippen LogP contribution in [0.15, 0.2) is 42.5 Å². The summed E-state index contributed by atoms with van der Waals surface area (Å²) in [5.74, 6) is 4.48. The Morgan fingerprint density at radius 1 is 1.12 bits per heavy atom. The first kappa shape index (κ1) is 18.7. The van der Waals surface area contributed by atoms with E-state index < -0.39 is 6.10 Å². The zero-order valence-corrected chi connectivity index (χ0v) is 14.5. The Balaban J connectivity index is 1.99. The van der Waals surface area contributed by atoms with Crippen molar-refractivity contribution in [3.05, 3.63) is 53.6 Å². The van der Waals surface area contributed by atoms with Crippen LogP contribution in [0.5, 0.6) is 17.2 Å². The number of nitrogens with one attached hydrogen (secondary N) is 1. The van der Waals surface area contributed by atoms with Gasteiger partial charge in [-0.3, -0.25) is 0 Å². The van der Waals surface area contributed by atoms with E-state index in [9.17, 15) is 5.11 Å². The third-order valence-electron chi connectivity index (χ3n) is 3.73. The summed E-state index contributed by atoms with van der Waals surface area (Å²) in [6, 6.07) is 13.0. The molecule has 25 heavy (non-hydrogen) atoms. The molecule has 1 unspecified atom stereocenters. The van der Waals surface area contributed by atoms with Crippen LogP contribution in [0.4, 0.5) is 0 Å². The van der Waals surface area contributed by atoms with Gasteiger partial charge in [0.1, 0.15) is 23.9 Å². The van der Waals surface area contributed by atoms with Gasteiger partial charge in [-0.1, -0.05) is 24.1 Å². The number of methoxy groups -OCH3 is 2. The second-order valence-corrected chi connectivity index (χ2v) is 5.36. The molecule has 0 saturated heterocycles. The number of ether oxygens (including phenoxy) is 3. The smallest absolute Gasteiger partial charge is 0.148 e. The van der Waals surface area contributed by atoms with E-state index in [2.05, 4.69) is 11.2 Å². The summed E-state index contributed by atoms with van der Waals surface area (Å²) in [6.45, 7) is 1.12. The fourth-order valence-electron chi connectivity index (χ4n) is 2.46. The number of hydrogen-bond donors (Lipinski definition) is 2. The van der Waals surface area contributed by atoms with Crippen molar-refractivity contribution in [2.75, 3.05) is 27.4 Å². The highest BCUT2D eigenvalue weighted by molar-refractivity contribution is 5.42. The van der Waals surface area contributed by atoms with Crippen LogP contribution in [-0.2, 0) is 6.54 Å². The van der Waals surface area contributed by atoms with Crippen LogP contribution in [0.25, 0.3) is 0 Å². The van der Waals surface area contributed by atoms with E-state index >= 15 is 0 Å². The fourth-order valence-corrected chi connectivity index (χ4v) is 2.46. The second kappa shape index (κ2) is 9.58. The number of aliphatic hydroxyl groups excluding tert-OH is 1. The van der Waals surface area contributed by atoms with Crippen molar-refractivity contribution in [1.82, 2.24) is 5.32 Å². The number of para-hydroxylation sites is 1. The van der Waals surface area contributed by atoms with Gasteiger partial charge in [0, 0.05) is 24.2 Å². The first-order valence-electron chi connectivity index (χ1n) is 7.94. The maximum absolute atomic E-state index is 10.5. The van der Waals surface area contributed by atoms with Gasteiger partial charge in [0.2, 0.25) is 0 Å². The van der Waals surface area contributed by atoms with Gasteiger partial charge in [0.05, 0.1) is 20.3 Å². The molecule has 132 valence electrons. The Hall–Kier alpha value is -2.68. The molecule has 2 aromatic carbocycles. The molecule has 0 aliphatic heterocycles. The second-order valence-electron chi connectivity index (χ2n) is 5.36. The monoisotopic (exact) mass is 341 g/mol. The van der Waals surface area contributed by atoms with E-state index in [1.807, 2.05) is 24.3 Å². The average Bonchev–Trinajstić information content (AvgIpc) is 2.66. The van der Waals surface area contributed by atoms with E-state index in [-0.39, 0.29) is 6.61 Å². The van der Waals surface area contributed by atoms with Gasteiger partial charge in [-0.15, -0.1) is 6.42 Å². The van der Waals surface area contributed by atoms with Crippen molar-refractivity contribution in [3.63, 3.8) is 0 Å². The summed E-state index contributed by atoms with van der Waals surface area (Å²) in [6.07, 6.45) is 4.50. The Morgan fingerprint density at radius 3 is 2.64 bits per heavy atom. The summed E-state index contributed by atoms with van der Waals surface area (Å²) in [5, 5.41) is 13.7. The molecule has 2 aromatic rings. The maximum atomic E-state index is 10.5. The first-order valence-corrected chi connectivity index (χ1v) is 7.94. The van der Waals surface area contributed by atoms with Gasteiger partial charge in [-0.25, -0.2) is 0 Å². The van der Waals surface area contributed by atoms with E-state index in [1.165, 1.54) is 0 Å². The number of aliphatic hydroxyl groups is 1. The Bertz CT molecular complexity index is 724. The lowest BCUT2D eigenvalue weighted by atomic mass is 10.1. The highest BCUT2D eigenvalue weighted by Gasteiger charge is 2.14. The highest BCUT2D eigenvalue weighted by atomic mass is 16.5. The van der Waals surface area contributed by atoms with Gasteiger partial charge in [0.15, 0.2) is 0 Å². The average molecular weight is 341 g/mol. The molecule has 0 aliphatic rings. The standard InChI is InChI=1S/C20H23NO4/c1-4-11-25-19-8-6-5-7-15(19)13-21-14-18(22)17-12-16(23-2)9-10-20(17)24-3/h1,5-10,12,18,21-22H,11,13-14H2,2-3H3. The minimum Gasteiger partial charge on any atom is -0.497 e. The number of hydrogen-bond acceptors (Lipinski definition) is 5. The third kappa shape index (κ3) is 5.15. The van der Waals surface area contributed by atoms with Crippen LogP contribution in [0.3, 0.4) is 0 Å². The van der Waals surface area contributed by atoms with Crippen molar-refractivity contribution in [3.8, 4) is 29.6 Å². The van der Waals surface area contributed by atoms with Crippen LogP contribution < -0.4 is 19.5 Å². The van der Waals surface area contributed by atoms with Gasteiger partial charge >= 0.3 is 0 Å². The highest BCUT2D eigenvalue weighted by Crippen LogP contribution is 2.29. The van der Waals surface area contributed by atoms with Crippen LogP contribution in [-0.4, -0.2) is 32.5 Å². The van der Waals surface area contributed by atoms with Crippen molar-refractivity contribution in [2.24, 2.45) is 0 Å². The van der Waals surface area contributed by atoms with Gasteiger partial charge in [-0.2, -0.15) is 0 Å². The molecule has 0 heterocycles. The van der Waals surface area contributed by atoms with E-state index in [0.717, 1.165) is 11.3 Å². The Kier molecular flexibility index (Phi) is 7.15. The molecule has 5 heteroatoms. The van der Waals surface area contributed by atoms with Crippen LogP contribution >= 0.6 is 0 Å². The van der Waals surface area contributed by atoms with Crippen LogP contribution in [0, 0.1) is 12.3 Å². The molecule has 2 N–H and O–H groups in total. The van der Waals surface area contributed by atoms with Gasteiger partial charge in [-0.05, 0) is 24.3 Å². The van der Waals surface area contributed by atoms with Crippen molar-refractivity contribution < 1.29 is 19.3 Å². The fraction of sp³-hybridized carbons (Fsp3) is 0.300. The molecule has 0 radical (unpaired) electrons. The summed E-state index contributed by atoms with van der Waals surface area (Å²) in [7, 11) is 3.16. The predicted molar refractivity (Wildman–Crippen MR) is 97.0 cm³/mol. The molecule has 0 aliphatic carbocycles. The molecule has 1 atom stereocenters. The normalized spacial score (nSPS) is 11.4. The number of rotatable bonds is 9. The lowest BCUT2D eigenvalue weighted by molar-refractivity contribution is 0.169. The molecule has 0 aromatic heterocycles. The third-order valence-corrected chi connectivity index (χ3v) is 3.73.